The summed E-state index contributed by atoms with van der Waals surface area (Å²) in [6.07, 6.45) is 7.08. The van der Waals surface area contributed by atoms with Gasteiger partial charge >= 0.3 is 0 Å². The highest BCUT2D eigenvalue weighted by atomic mass is 16.5. The molecule has 20 heavy (non-hydrogen) atoms. The number of benzene rings is 1. The fraction of sp³-hybridized carbons (Fsp3) is 0.647. The lowest BCUT2D eigenvalue weighted by atomic mass is 9.77. The van der Waals surface area contributed by atoms with E-state index in [-0.39, 0.29) is 0 Å². The Morgan fingerprint density at radius 1 is 1.40 bits per heavy atom. The first-order chi connectivity index (χ1) is 9.68. The van der Waals surface area contributed by atoms with Crippen molar-refractivity contribution in [2.45, 2.75) is 56.7 Å². The molecule has 2 unspecified atom stereocenters. The smallest absolute Gasteiger partial charge is 0.119 e. The van der Waals surface area contributed by atoms with Crippen molar-refractivity contribution in [3.63, 3.8) is 0 Å². The van der Waals surface area contributed by atoms with Crippen LogP contribution in [-0.2, 0) is 17.6 Å². The minimum absolute atomic E-state index is 0.366. The molecule has 1 fully saturated rings. The van der Waals surface area contributed by atoms with Crippen LogP contribution in [0.15, 0.2) is 18.2 Å². The molecule has 1 heterocycles. The van der Waals surface area contributed by atoms with Crippen LogP contribution in [0.25, 0.3) is 0 Å². The summed E-state index contributed by atoms with van der Waals surface area (Å²) in [6.45, 7) is 0.892. The average Bonchev–Trinajstić information content (AvgIpc) is 2.98. The van der Waals surface area contributed by atoms with E-state index in [1.807, 2.05) is 6.07 Å². The Hall–Kier alpha value is -1.06. The molecular formula is C17H24O3. The highest BCUT2D eigenvalue weighted by molar-refractivity contribution is 5.38. The molecule has 110 valence electrons. The second kappa shape index (κ2) is 5.74. The average molecular weight is 276 g/mol. The van der Waals surface area contributed by atoms with Crippen molar-refractivity contribution in [1.82, 2.24) is 0 Å². The summed E-state index contributed by atoms with van der Waals surface area (Å²) in [5, 5.41) is 10.8. The van der Waals surface area contributed by atoms with Gasteiger partial charge in [0.1, 0.15) is 5.75 Å². The number of ether oxygens (including phenoxy) is 2. The number of aliphatic hydroxyl groups is 1. The maximum absolute atomic E-state index is 10.8. The molecule has 2 aliphatic rings. The summed E-state index contributed by atoms with van der Waals surface area (Å²) in [6, 6.07) is 6.22. The predicted octanol–water partition coefficient (Wildman–Crippen LogP) is 2.87. The molecule has 0 aromatic heterocycles. The molecule has 3 rings (SSSR count). The number of hydrogen-bond acceptors (Lipinski definition) is 3. The van der Waals surface area contributed by atoms with E-state index in [4.69, 9.17) is 9.47 Å². The largest absolute Gasteiger partial charge is 0.497 e. The van der Waals surface area contributed by atoms with Gasteiger partial charge < -0.3 is 14.6 Å². The molecule has 3 nitrogen and oxygen atoms in total. The van der Waals surface area contributed by atoms with Gasteiger partial charge in [0.15, 0.2) is 0 Å². The van der Waals surface area contributed by atoms with Crippen molar-refractivity contribution < 1.29 is 14.6 Å². The molecule has 0 bridgehead atoms. The maximum atomic E-state index is 10.8. The van der Waals surface area contributed by atoms with Crippen molar-refractivity contribution in [2.24, 2.45) is 0 Å². The van der Waals surface area contributed by atoms with Crippen molar-refractivity contribution in [3.8, 4) is 5.75 Å². The maximum Gasteiger partial charge on any atom is 0.119 e. The molecule has 1 N–H and O–H groups in total. The number of hydrogen-bond donors (Lipinski definition) is 1. The van der Waals surface area contributed by atoms with Crippen LogP contribution in [0.4, 0.5) is 0 Å². The van der Waals surface area contributed by atoms with Gasteiger partial charge in [-0.3, -0.25) is 0 Å². The van der Waals surface area contributed by atoms with E-state index >= 15 is 0 Å². The van der Waals surface area contributed by atoms with Crippen LogP contribution < -0.4 is 4.74 Å². The molecule has 1 saturated heterocycles. The summed E-state index contributed by atoms with van der Waals surface area (Å²) in [5.74, 6) is 0.882. The summed E-state index contributed by atoms with van der Waals surface area (Å²) in [4.78, 5) is 0. The van der Waals surface area contributed by atoms with Crippen LogP contribution in [0.3, 0.4) is 0 Å². The topological polar surface area (TPSA) is 38.7 Å². The molecule has 0 radical (unpaired) electrons. The molecule has 1 aliphatic heterocycles. The Morgan fingerprint density at radius 2 is 2.30 bits per heavy atom. The Kier molecular flexibility index (Phi) is 3.99. The molecule has 1 aromatic rings. The standard InChI is InChI=1S/C17H24O3/c1-19-16-5-4-13-6-8-17(18,12-14(13)11-16)9-7-15-3-2-10-20-15/h4-5,11,15,18H,2-3,6-10,12H2,1H3. The molecule has 1 aliphatic carbocycles. The van der Waals surface area contributed by atoms with Gasteiger partial charge in [-0.15, -0.1) is 0 Å². The zero-order valence-electron chi connectivity index (χ0n) is 12.2. The first-order valence-electron chi connectivity index (χ1n) is 7.68. The minimum Gasteiger partial charge on any atom is -0.497 e. The molecular weight excluding hydrogens is 252 g/mol. The first-order valence-corrected chi connectivity index (χ1v) is 7.68. The van der Waals surface area contributed by atoms with Crippen LogP contribution in [0.2, 0.25) is 0 Å². The number of rotatable bonds is 4. The zero-order valence-corrected chi connectivity index (χ0v) is 12.2. The third-order valence-corrected chi connectivity index (χ3v) is 4.75. The zero-order chi connectivity index (χ0) is 14.0. The van der Waals surface area contributed by atoms with E-state index in [0.717, 1.165) is 50.9 Å². The van der Waals surface area contributed by atoms with Gasteiger partial charge in [0.05, 0.1) is 18.8 Å². The van der Waals surface area contributed by atoms with E-state index in [0.29, 0.717) is 6.10 Å². The Labute approximate surface area is 120 Å². The SMILES string of the molecule is COc1ccc2c(c1)CC(O)(CCC1CCCO1)CC2. The van der Waals surface area contributed by atoms with Gasteiger partial charge in [-0.1, -0.05) is 6.07 Å². The van der Waals surface area contributed by atoms with E-state index in [2.05, 4.69) is 12.1 Å². The second-order valence-electron chi connectivity index (χ2n) is 6.21. The summed E-state index contributed by atoms with van der Waals surface area (Å²) < 4.78 is 11.0. The molecule has 3 heteroatoms. The van der Waals surface area contributed by atoms with Crippen molar-refractivity contribution in [3.05, 3.63) is 29.3 Å². The van der Waals surface area contributed by atoms with E-state index in [1.165, 1.54) is 17.5 Å². The minimum atomic E-state index is -0.564. The third-order valence-electron chi connectivity index (χ3n) is 4.75. The van der Waals surface area contributed by atoms with E-state index in [1.54, 1.807) is 7.11 Å². The number of aryl methyl sites for hydroxylation is 1. The molecule has 0 spiro atoms. The van der Waals surface area contributed by atoms with Gasteiger partial charge in [-0.2, -0.15) is 0 Å². The van der Waals surface area contributed by atoms with Crippen molar-refractivity contribution >= 4 is 0 Å². The summed E-state index contributed by atoms with van der Waals surface area (Å²) in [5.41, 5.74) is 2.03. The van der Waals surface area contributed by atoms with Crippen LogP contribution in [-0.4, -0.2) is 30.5 Å². The first kappa shape index (κ1) is 13.9. The summed E-state index contributed by atoms with van der Waals surface area (Å²) in [7, 11) is 1.69. The fourth-order valence-corrected chi connectivity index (χ4v) is 3.46. The van der Waals surface area contributed by atoms with Gasteiger partial charge in [0.25, 0.3) is 0 Å². The van der Waals surface area contributed by atoms with Gasteiger partial charge in [-0.25, -0.2) is 0 Å². The van der Waals surface area contributed by atoms with Crippen LogP contribution in [0.1, 0.15) is 43.2 Å². The van der Waals surface area contributed by atoms with Crippen LogP contribution >= 0.6 is 0 Å². The van der Waals surface area contributed by atoms with Gasteiger partial charge in [-0.05, 0) is 61.8 Å². The van der Waals surface area contributed by atoms with Crippen molar-refractivity contribution in [1.29, 1.82) is 0 Å². The number of methoxy groups -OCH3 is 1. The van der Waals surface area contributed by atoms with Gasteiger partial charge in [0.2, 0.25) is 0 Å². The van der Waals surface area contributed by atoms with Crippen molar-refractivity contribution in [2.75, 3.05) is 13.7 Å². The lowest BCUT2D eigenvalue weighted by molar-refractivity contribution is -0.000386. The highest BCUT2D eigenvalue weighted by Crippen LogP contribution is 2.35. The Balaban J connectivity index is 1.66. The number of fused-ring (bicyclic) bond motifs is 1. The van der Waals surface area contributed by atoms with E-state index in [9.17, 15) is 5.11 Å². The fourth-order valence-electron chi connectivity index (χ4n) is 3.46. The highest BCUT2D eigenvalue weighted by Gasteiger charge is 2.33. The quantitative estimate of drug-likeness (QED) is 0.919. The predicted molar refractivity (Wildman–Crippen MR) is 78.2 cm³/mol. The van der Waals surface area contributed by atoms with Crippen LogP contribution in [0.5, 0.6) is 5.75 Å². The Morgan fingerprint density at radius 3 is 3.05 bits per heavy atom. The van der Waals surface area contributed by atoms with E-state index < -0.39 is 5.60 Å². The lowest BCUT2D eigenvalue weighted by Crippen LogP contribution is -2.36. The Bertz CT molecular complexity index is 465. The van der Waals surface area contributed by atoms with Crippen LogP contribution in [0, 0.1) is 0 Å². The molecule has 0 amide bonds. The normalized spacial score (nSPS) is 29.2. The monoisotopic (exact) mass is 276 g/mol. The lowest BCUT2D eigenvalue weighted by Gasteiger charge is -2.34. The van der Waals surface area contributed by atoms with Gasteiger partial charge in [0, 0.05) is 13.0 Å². The molecule has 1 aromatic carbocycles. The molecule has 2 atom stereocenters. The third kappa shape index (κ3) is 2.99. The molecule has 0 saturated carbocycles. The second-order valence-corrected chi connectivity index (χ2v) is 6.21. The summed E-state index contributed by atoms with van der Waals surface area (Å²) >= 11 is 0.